The van der Waals surface area contributed by atoms with Crippen LogP contribution in [0.2, 0.25) is 0 Å². The zero-order chi connectivity index (χ0) is 18.6. The van der Waals surface area contributed by atoms with E-state index in [1.165, 1.54) is 0 Å². The third kappa shape index (κ3) is 3.60. The van der Waals surface area contributed by atoms with Crippen LogP contribution in [0.25, 0.3) is 10.9 Å². The number of fused-ring (bicyclic) bond motifs is 1. The van der Waals surface area contributed by atoms with E-state index < -0.39 is 0 Å². The van der Waals surface area contributed by atoms with Crippen LogP contribution in [0.15, 0.2) is 59.8 Å². The van der Waals surface area contributed by atoms with Crippen molar-refractivity contribution in [1.82, 2.24) is 19.4 Å². The van der Waals surface area contributed by atoms with E-state index in [0.29, 0.717) is 30.3 Å². The summed E-state index contributed by atoms with van der Waals surface area (Å²) in [6.07, 6.45) is 6.34. The first-order valence-electron chi connectivity index (χ1n) is 9.38. The van der Waals surface area contributed by atoms with E-state index in [4.69, 9.17) is 0 Å². The SMILES string of the molecule is O=C(CCCn1cnc2ccccc2c1=O)N1CCCC1c1ccccn1. The number of hydrogen-bond acceptors (Lipinski definition) is 4. The molecule has 1 aliphatic rings. The highest BCUT2D eigenvalue weighted by molar-refractivity contribution is 5.77. The van der Waals surface area contributed by atoms with Crippen molar-refractivity contribution in [2.75, 3.05) is 6.54 Å². The predicted molar refractivity (Wildman–Crippen MR) is 103 cm³/mol. The van der Waals surface area contributed by atoms with Crippen LogP contribution in [0.4, 0.5) is 0 Å². The average Bonchev–Trinajstić information content (AvgIpc) is 3.20. The van der Waals surface area contributed by atoms with Gasteiger partial charge in [0.05, 0.1) is 29.0 Å². The zero-order valence-electron chi connectivity index (χ0n) is 15.1. The van der Waals surface area contributed by atoms with E-state index in [1.54, 1.807) is 23.2 Å². The smallest absolute Gasteiger partial charge is 0.261 e. The minimum atomic E-state index is -0.0550. The maximum absolute atomic E-state index is 12.7. The summed E-state index contributed by atoms with van der Waals surface area (Å²) in [6, 6.07) is 13.2. The lowest BCUT2D eigenvalue weighted by atomic mass is 10.1. The van der Waals surface area contributed by atoms with Gasteiger partial charge < -0.3 is 4.90 Å². The highest BCUT2D eigenvalue weighted by Crippen LogP contribution is 2.31. The number of aryl methyl sites for hydroxylation is 1. The lowest BCUT2D eigenvalue weighted by molar-refractivity contribution is -0.132. The Morgan fingerprint density at radius 3 is 2.81 bits per heavy atom. The van der Waals surface area contributed by atoms with E-state index in [1.807, 2.05) is 41.3 Å². The van der Waals surface area contributed by atoms with E-state index in [-0.39, 0.29) is 17.5 Å². The monoisotopic (exact) mass is 362 g/mol. The van der Waals surface area contributed by atoms with E-state index in [0.717, 1.165) is 25.1 Å². The number of pyridine rings is 1. The number of hydrogen-bond donors (Lipinski definition) is 0. The fourth-order valence-corrected chi connectivity index (χ4v) is 3.76. The first kappa shape index (κ1) is 17.4. The molecule has 1 saturated heterocycles. The topological polar surface area (TPSA) is 68.1 Å². The van der Waals surface area contributed by atoms with Crippen molar-refractivity contribution in [3.8, 4) is 0 Å². The van der Waals surface area contributed by atoms with Crippen LogP contribution in [0.1, 0.15) is 37.4 Å². The molecule has 0 bridgehead atoms. The first-order valence-corrected chi connectivity index (χ1v) is 9.38. The predicted octanol–water partition coefficient (Wildman–Crippen LogP) is 2.94. The lowest BCUT2D eigenvalue weighted by Crippen LogP contribution is -2.31. The molecular formula is C21H22N4O2. The molecule has 1 unspecified atom stereocenters. The second-order valence-electron chi connectivity index (χ2n) is 6.86. The fourth-order valence-electron chi connectivity index (χ4n) is 3.76. The number of benzene rings is 1. The van der Waals surface area contributed by atoms with Crippen molar-refractivity contribution in [2.45, 2.75) is 38.3 Å². The minimum absolute atomic E-state index is 0.0550. The molecule has 6 heteroatoms. The van der Waals surface area contributed by atoms with Crippen LogP contribution >= 0.6 is 0 Å². The summed E-state index contributed by atoms with van der Waals surface area (Å²) >= 11 is 0. The molecule has 0 saturated carbocycles. The van der Waals surface area contributed by atoms with Crippen LogP contribution in [0.5, 0.6) is 0 Å². The van der Waals surface area contributed by atoms with Crippen LogP contribution in [-0.4, -0.2) is 31.9 Å². The van der Waals surface area contributed by atoms with Crippen molar-refractivity contribution in [3.05, 3.63) is 71.0 Å². The molecule has 1 aliphatic heterocycles. The van der Waals surface area contributed by atoms with Crippen LogP contribution < -0.4 is 5.56 Å². The summed E-state index contributed by atoms with van der Waals surface area (Å²) < 4.78 is 1.59. The third-order valence-electron chi connectivity index (χ3n) is 5.12. The fraction of sp³-hybridized carbons (Fsp3) is 0.333. The number of para-hydroxylation sites is 1. The molecule has 1 fully saturated rings. The highest BCUT2D eigenvalue weighted by Gasteiger charge is 2.30. The Morgan fingerprint density at radius 2 is 1.96 bits per heavy atom. The number of amides is 1. The van der Waals surface area contributed by atoms with Crippen LogP contribution in [0.3, 0.4) is 0 Å². The quantitative estimate of drug-likeness (QED) is 0.700. The minimum Gasteiger partial charge on any atom is -0.334 e. The molecule has 1 aromatic carbocycles. The van der Waals surface area contributed by atoms with Gasteiger partial charge in [-0.05, 0) is 43.5 Å². The zero-order valence-corrected chi connectivity index (χ0v) is 15.1. The Balaban J connectivity index is 1.40. The molecule has 4 rings (SSSR count). The Hall–Kier alpha value is -3.02. The van der Waals surface area contributed by atoms with Crippen molar-refractivity contribution in [1.29, 1.82) is 0 Å². The Labute approximate surface area is 157 Å². The summed E-state index contributed by atoms with van der Waals surface area (Å²) in [5, 5.41) is 0.612. The molecule has 6 nitrogen and oxygen atoms in total. The van der Waals surface area contributed by atoms with Crippen molar-refractivity contribution >= 4 is 16.8 Å². The van der Waals surface area contributed by atoms with Gasteiger partial charge in [-0.1, -0.05) is 18.2 Å². The number of carbonyl (C=O) groups is 1. The van der Waals surface area contributed by atoms with Gasteiger partial charge in [0.1, 0.15) is 0 Å². The second-order valence-corrected chi connectivity index (χ2v) is 6.86. The Bertz CT molecular complexity index is 1000. The third-order valence-corrected chi connectivity index (χ3v) is 5.12. The van der Waals surface area contributed by atoms with E-state index in [9.17, 15) is 9.59 Å². The molecule has 0 spiro atoms. The van der Waals surface area contributed by atoms with Crippen molar-refractivity contribution < 1.29 is 4.79 Å². The van der Waals surface area contributed by atoms with Gasteiger partial charge in [0.25, 0.3) is 5.56 Å². The van der Waals surface area contributed by atoms with E-state index in [2.05, 4.69) is 9.97 Å². The lowest BCUT2D eigenvalue weighted by Gasteiger charge is -2.24. The summed E-state index contributed by atoms with van der Waals surface area (Å²) in [7, 11) is 0. The van der Waals surface area contributed by atoms with Gasteiger partial charge in [0.15, 0.2) is 0 Å². The first-order chi connectivity index (χ1) is 13.2. The number of nitrogens with zero attached hydrogens (tertiary/aromatic N) is 4. The molecule has 0 radical (unpaired) electrons. The van der Waals surface area contributed by atoms with Gasteiger partial charge >= 0.3 is 0 Å². The van der Waals surface area contributed by atoms with Gasteiger partial charge in [0.2, 0.25) is 5.91 Å². The second kappa shape index (κ2) is 7.70. The molecule has 0 N–H and O–H groups in total. The van der Waals surface area contributed by atoms with Crippen LogP contribution in [-0.2, 0) is 11.3 Å². The molecular weight excluding hydrogens is 340 g/mol. The molecule has 0 aliphatic carbocycles. The normalized spacial score (nSPS) is 16.7. The largest absolute Gasteiger partial charge is 0.334 e. The molecule has 27 heavy (non-hydrogen) atoms. The standard InChI is InChI=1S/C21H22N4O2/c26-20(25-14-5-10-19(25)18-9-3-4-12-22-18)11-6-13-24-15-23-17-8-2-1-7-16(17)21(24)27/h1-4,7-9,12,15,19H,5-6,10-11,13-14H2. The summed E-state index contributed by atoms with van der Waals surface area (Å²) in [4.78, 5) is 35.9. The summed E-state index contributed by atoms with van der Waals surface area (Å²) in [6.45, 7) is 1.27. The summed E-state index contributed by atoms with van der Waals surface area (Å²) in [5.41, 5.74) is 1.60. The molecule has 2 aromatic heterocycles. The maximum atomic E-state index is 12.7. The number of aromatic nitrogens is 3. The van der Waals surface area contributed by atoms with Gasteiger partial charge in [-0.3, -0.25) is 19.1 Å². The Kier molecular flexibility index (Phi) is 4.96. The van der Waals surface area contributed by atoms with Gasteiger partial charge in [0, 0.05) is 25.7 Å². The van der Waals surface area contributed by atoms with Gasteiger partial charge in [-0.2, -0.15) is 0 Å². The van der Waals surface area contributed by atoms with Crippen molar-refractivity contribution in [2.24, 2.45) is 0 Å². The van der Waals surface area contributed by atoms with Gasteiger partial charge in [-0.15, -0.1) is 0 Å². The molecule has 1 amide bonds. The molecule has 3 aromatic rings. The molecule has 3 heterocycles. The number of carbonyl (C=O) groups excluding carboxylic acids is 1. The molecule has 1 atom stereocenters. The summed E-state index contributed by atoms with van der Waals surface area (Å²) in [5.74, 6) is 0.130. The van der Waals surface area contributed by atoms with Crippen LogP contribution in [0, 0.1) is 0 Å². The average molecular weight is 362 g/mol. The van der Waals surface area contributed by atoms with Crippen molar-refractivity contribution in [3.63, 3.8) is 0 Å². The number of likely N-dealkylation sites (tertiary alicyclic amines) is 1. The molecule has 138 valence electrons. The highest BCUT2D eigenvalue weighted by atomic mass is 16.2. The number of rotatable bonds is 5. The Morgan fingerprint density at radius 1 is 1.11 bits per heavy atom. The van der Waals surface area contributed by atoms with E-state index >= 15 is 0 Å². The van der Waals surface area contributed by atoms with Gasteiger partial charge in [-0.25, -0.2) is 4.98 Å². The maximum Gasteiger partial charge on any atom is 0.261 e.